The minimum absolute atomic E-state index is 0.169. The molecule has 1 amide bonds. The van der Waals surface area contributed by atoms with Crippen LogP contribution in [0.15, 0.2) is 54.8 Å². The van der Waals surface area contributed by atoms with E-state index in [0.29, 0.717) is 6.67 Å². The molecule has 30 heavy (non-hydrogen) atoms. The number of carbonyl (C=O) groups excluding carboxylic acids is 1. The van der Waals surface area contributed by atoms with Crippen molar-refractivity contribution in [2.45, 2.75) is 24.9 Å². The number of nitrogens with one attached hydrogen (secondary N) is 1. The van der Waals surface area contributed by atoms with Crippen molar-refractivity contribution in [2.24, 2.45) is 7.05 Å². The molecule has 1 N–H and O–H groups in total. The fourth-order valence-corrected chi connectivity index (χ4v) is 5.63. The van der Waals surface area contributed by atoms with Gasteiger partial charge in [-0.25, -0.2) is 0 Å². The van der Waals surface area contributed by atoms with E-state index in [9.17, 15) is 4.79 Å². The van der Waals surface area contributed by atoms with Crippen LogP contribution in [0.1, 0.15) is 24.1 Å². The number of piperidine rings is 1. The number of aromatic nitrogens is 2. The van der Waals surface area contributed by atoms with Crippen LogP contribution >= 0.6 is 11.8 Å². The Balaban J connectivity index is 1.32. The van der Waals surface area contributed by atoms with Crippen molar-refractivity contribution in [3.05, 3.63) is 66.0 Å². The Morgan fingerprint density at radius 2 is 2.00 bits per heavy atom. The predicted molar refractivity (Wildman–Crippen MR) is 122 cm³/mol. The number of benzene rings is 1. The van der Waals surface area contributed by atoms with Gasteiger partial charge in [0.2, 0.25) is 5.91 Å². The van der Waals surface area contributed by atoms with Crippen LogP contribution in [0.3, 0.4) is 0 Å². The number of carbonyl (C=O) groups is 1. The molecule has 1 aromatic heterocycles. The Hall–Kier alpha value is -2.51. The lowest BCUT2D eigenvalue weighted by molar-refractivity contribution is -0.125. The molecule has 0 unspecified atom stereocenters. The molecule has 0 radical (unpaired) electrons. The number of allylic oxidation sites excluding steroid dienone is 2. The molecule has 1 aromatic carbocycles. The second-order valence-corrected chi connectivity index (χ2v) is 9.20. The number of anilines is 1. The Morgan fingerprint density at radius 1 is 1.20 bits per heavy atom. The molecular formula is C23H27N5OS. The number of hydrogen-bond acceptors (Lipinski definition) is 5. The van der Waals surface area contributed by atoms with Gasteiger partial charge in [0, 0.05) is 48.6 Å². The standard InChI is InChI=1S/C23H27N5OS/c1-26-20(19(15-25-26)21-9-5-6-14-30-21)16-27-12-10-23(11-13-27)22(29)24-17-28(23)18-7-3-2-4-8-18/h2-9,15H,10-14,16-17H2,1H3,(H,24,29). The third kappa shape index (κ3) is 3.36. The van der Waals surface area contributed by atoms with Crippen molar-refractivity contribution < 1.29 is 4.79 Å². The first-order chi connectivity index (χ1) is 14.7. The van der Waals surface area contributed by atoms with E-state index < -0.39 is 5.54 Å². The van der Waals surface area contributed by atoms with Gasteiger partial charge >= 0.3 is 0 Å². The molecule has 2 saturated heterocycles. The largest absolute Gasteiger partial charge is 0.339 e. The van der Waals surface area contributed by atoms with E-state index in [0.717, 1.165) is 43.9 Å². The molecule has 2 aromatic rings. The molecule has 3 aliphatic heterocycles. The summed E-state index contributed by atoms with van der Waals surface area (Å²) < 4.78 is 2.00. The van der Waals surface area contributed by atoms with E-state index in [-0.39, 0.29) is 5.91 Å². The van der Waals surface area contributed by atoms with Crippen LogP contribution in [0.25, 0.3) is 4.91 Å². The Morgan fingerprint density at radius 3 is 2.73 bits per heavy atom. The number of aryl methyl sites for hydroxylation is 1. The number of likely N-dealkylation sites (tertiary alicyclic amines) is 1. The van der Waals surface area contributed by atoms with Gasteiger partial charge in [0.15, 0.2) is 0 Å². The summed E-state index contributed by atoms with van der Waals surface area (Å²) in [6.07, 6.45) is 10.1. The normalized spacial score (nSPS) is 21.2. The first kappa shape index (κ1) is 19.5. The topological polar surface area (TPSA) is 53.4 Å². The summed E-state index contributed by atoms with van der Waals surface area (Å²) in [6, 6.07) is 10.3. The zero-order valence-corrected chi connectivity index (χ0v) is 18.1. The van der Waals surface area contributed by atoms with Gasteiger partial charge in [-0.3, -0.25) is 14.4 Å². The van der Waals surface area contributed by atoms with E-state index in [1.54, 1.807) is 0 Å². The van der Waals surface area contributed by atoms with Gasteiger partial charge < -0.3 is 10.2 Å². The van der Waals surface area contributed by atoms with E-state index in [1.165, 1.54) is 16.2 Å². The van der Waals surface area contributed by atoms with Crippen LogP contribution in [0.2, 0.25) is 0 Å². The smallest absolute Gasteiger partial charge is 0.247 e. The van der Waals surface area contributed by atoms with Crippen molar-refractivity contribution in [3.63, 3.8) is 0 Å². The summed E-state index contributed by atoms with van der Waals surface area (Å²) in [5.74, 6) is 1.18. The first-order valence-electron chi connectivity index (χ1n) is 10.5. The molecule has 0 atom stereocenters. The minimum Gasteiger partial charge on any atom is -0.339 e. The van der Waals surface area contributed by atoms with Crippen LogP contribution in [0, 0.1) is 0 Å². The van der Waals surface area contributed by atoms with Crippen molar-refractivity contribution in [3.8, 4) is 0 Å². The number of rotatable bonds is 4. The first-order valence-corrected chi connectivity index (χ1v) is 11.5. The number of thioether (sulfide) groups is 1. The van der Waals surface area contributed by atoms with Crippen molar-refractivity contribution in [2.75, 3.05) is 30.4 Å². The van der Waals surface area contributed by atoms with Crippen LogP contribution in [-0.2, 0) is 18.4 Å². The fraction of sp³-hybridized carbons (Fsp3) is 0.391. The molecule has 2 fully saturated rings. The predicted octanol–water partition coefficient (Wildman–Crippen LogP) is 2.99. The lowest BCUT2D eigenvalue weighted by Crippen LogP contribution is -2.56. The molecule has 0 aliphatic carbocycles. The highest BCUT2D eigenvalue weighted by molar-refractivity contribution is 8.08. The van der Waals surface area contributed by atoms with Crippen LogP contribution in [-0.4, -0.2) is 51.6 Å². The summed E-state index contributed by atoms with van der Waals surface area (Å²) in [4.78, 5) is 18.9. The van der Waals surface area contributed by atoms with Crippen molar-refractivity contribution >= 4 is 28.3 Å². The molecule has 0 saturated carbocycles. The highest BCUT2D eigenvalue weighted by atomic mass is 32.2. The molecule has 3 aliphatic rings. The van der Waals surface area contributed by atoms with Gasteiger partial charge in [-0.05, 0) is 31.1 Å². The van der Waals surface area contributed by atoms with Gasteiger partial charge in [-0.15, -0.1) is 11.8 Å². The second-order valence-electron chi connectivity index (χ2n) is 8.13. The van der Waals surface area contributed by atoms with E-state index in [1.807, 2.05) is 47.9 Å². The van der Waals surface area contributed by atoms with E-state index in [4.69, 9.17) is 0 Å². The SMILES string of the molecule is Cn1ncc(C2=CC=CCS2)c1CN1CCC2(CC1)C(=O)NCN2c1ccccc1. The maximum atomic E-state index is 12.9. The second kappa shape index (κ2) is 7.96. The molecule has 156 valence electrons. The summed E-state index contributed by atoms with van der Waals surface area (Å²) in [6.45, 7) is 3.24. The lowest BCUT2D eigenvalue weighted by Gasteiger charge is -2.43. The highest BCUT2D eigenvalue weighted by Crippen LogP contribution is 2.37. The Labute approximate surface area is 181 Å². The maximum absolute atomic E-state index is 12.9. The van der Waals surface area contributed by atoms with Crippen LogP contribution in [0.4, 0.5) is 5.69 Å². The molecular weight excluding hydrogens is 394 g/mol. The van der Waals surface area contributed by atoms with E-state index >= 15 is 0 Å². The Bertz CT molecular complexity index is 988. The van der Waals surface area contributed by atoms with Crippen LogP contribution < -0.4 is 10.2 Å². The average molecular weight is 422 g/mol. The monoisotopic (exact) mass is 421 g/mol. The fourth-order valence-electron chi connectivity index (χ4n) is 4.75. The van der Waals surface area contributed by atoms with Gasteiger partial charge in [-0.2, -0.15) is 5.10 Å². The molecule has 4 heterocycles. The average Bonchev–Trinajstić information content (AvgIpc) is 3.31. The Kier molecular flexibility index (Phi) is 5.16. The zero-order valence-electron chi connectivity index (χ0n) is 17.3. The van der Waals surface area contributed by atoms with Gasteiger partial charge in [-0.1, -0.05) is 30.4 Å². The number of hydrogen-bond donors (Lipinski definition) is 1. The molecule has 7 heteroatoms. The quantitative estimate of drug-likeness (QED) is 0.823. The van der Waals surface area contributed by atoms with Gasteiger partial charge in [0.25, 0.3) is 0 Å². The van der Waals surface area contributed by atoms with Gasteiger partial charge in [0.05, 0.1) is 18.6 Å². The summed E-state index contributed by atoms with van der Waals surface area (Å²) >= 11 is 1.86. The maximum Gasteiger partial charge on any atom is 0.247 e. The van der Waals surface area contributed by atoms with E-state index in [2.05, 4.69) is 50.6 Å². The van der Waals surface area contributed by atoms with Crippen molar-refractivity contribution in [1.29, 1.82) is 0 Å². The zero-order chi connectivity index (χ0) is 20.6. The van der Waals surface area contributed by atoms with Crippen LogP contribution in [0.5, 0.6) is 0 Å². The summed E-state index contributed by atoms with van der Waals surface area (Å²) in [5, 5.41) is 7.62. The summed E-state index contributed by atoms with van der Waals surface area (Å²) in [5.41, 5.74) is 3.17. The third-order valence-corrected chi connectivity index (χ3v) is 7.53. The number of para-hydroxylation sites is 1. The molecule has 0 bridgehead atoms. The third-order valence-electron chi connectivity index (χ3n) is 6.51. The van der Waals surface area contributed by atoms with Gasteiger partial charge in [0.1, 0.15) is 5.54 Å². The lowest BCUT2D eigenvalue weighted by atomic mass is 9.85. The number of amides is 1. The summed E-state index contributed by atoms with van der Waals surface area (Å²) in [7, 11) is 2.02. The van der Waals surface area contributed by atoms with Crippen molar-refractivity contribution in [1.82, 2.24) is 20.0 Å². The molecule has 5 rings (SSSR count). The molecule has 1 spiro atoms. The minimum atomic E-state index is -0.431. The highest BCUT2D eigenvalue weighted by Gasteiger charge is 2.50. The number of nitrogens with zero attached hydrogens (tertiary/aromatic N) is 4. The molecule has 6 nitrogen and oxygen atoms in total.